The first-order valence-corrected chi connectivity index (χ1v) is 12.3. The van der Waals surface area contributed by atoms with Gasteiger partial charge in [-0.3, -0.25) is 9.69 Å². The van der Waals surface area contributed by atoms with Crippen molar-refractivity contribution in [3.05, 3.63) is 59.2 Å². The Labute approximate surface area is 197 Å². The lowest BCUT2D eigenvalue weighted by Gasteiger charge is -2.22. The van der Waals surface area contributed by atoms with Crippen molar-refractivity contribution in [2.75, 3.05) is 19.6 Å². The molecule has 0 aliphatic carbocycles. The fraction of sp³-hybridized carbons (Fsp3) is 0.435. The number of hydrogen-bond acceptors (Lipinski definition) is 5. The zero-order chi connectivity index (χ0) is 25.4. The average Bonchev–Trinajstić information content (AvgIpc) is 2.71. The molecule has 0 bridgehead atoms. The van der Waals surface area contributed by atoms with Gasteiger partial charge in [0.1, 0.15) is 5.75 Å². The minimum absolute atomic E-state index is 0.00381. The molecule has 0 aromatic heterocycles. The Morgan fingerprint density at radius 1 is 1.09 bits per heavy atom. The number of sulfonamides is 1. The largest absolute Gasteiger partial charge is 0.573 e. The van der Waals surface area contributed by atoms with Crippen LogP contribution < -0.4 is 9.46 Å². The standard InChI is InChI=1S/C23H29F3N2O5S/c1-3-4-10-28(16-18-5-7-20(8-6-18)33-23(24,25)26)11-9-27-34(31,32)21-13-17(2)12-19(14-21)15-22(29)30/h5-8,12-14,27H,3-4,9-11,15-16H2,1-2H3,(H,29,30). The number of aryl methyl sites for hydroxylation is 1. The molecule has 0 atom stereocenters. The van der Waals surface area contributed by atoms with Gasteiger partial charge in [-0.05, 0) is 60.8 Å². The smallest absolute Gasteiger partial charge is 0.481 e. The van der Waals surface area contributed by atoms with E-state index in [9.17, 15) is 26.4 Å². The average molecular weight is 503 g/mol. The Hall–Kier alpha value is -2.63. The molecule has 2 N–H and O–H groups in total. The summed E-state index contributed by atoms with van der Waals surface area (Å²) < 4.78 is 68.9. The van der Waals surface area contributed by atoms with Crippen LogP contribution >= 0.6 is 0 Å². The Balaban J connectivity index is 2.02. The van der Waals surface area contributed by atoms with Crippen molar-refractivity contribution in [2.45, 2.75) is 50.9 Å². The van der Waals surface area contributed by atoms with Gasteiger partial charge in [-0.15, -0.1) is 13.2 Å². The number of carboxylic acid groups (broad SMARTS) is 1. The molecule has 0 aliphatic heterocycles. The molecule has 0 saturated carbocycles. The highest BCUT2D eigenvalue weighted by atomic mass is 32.2. The van der Waals surface area contributed by atoms with Crippen molar-refractivity contribution in [3.8, 4) is 5.75 Å². The Kier molecular flexibility index (Phi) is 9.90. The summed E-state index contributed by atoms with van der Waals surface area (Å²) in [6.07, 6.45) is -3.23. The summed E-state index contributed by atoms with van der Waals surface area (Å²) in [4.78, 5) is 13.0. The Morgan fingerprint density at radius 3 is 2.35 bits per heavy atom. The monoisotopic (exact) mass is 502 g/mol. The van der Waals surface area contributed by atoms with Crippen molar-refractivity contribution >= 4 is 16.0 Å². The number of unbranched alkanes of at least 4 members (excludes halogenated alkanes) is 1. The van der Waals surface area contributed by atoms with E-state index in [1.807, 2.05) is 11.8 Å². The maximum Gasteiger partial charge on any atom is 0.573 e. The Bertz CT molecular complexity index is 1060. The predicted molar refractivity (Wildman–Crippen MR) is 121 cm³/mol. The zero-order valence-corrected chi connectivity index (χ0v) is 19.9. The van der Waals surface area contributed by atoms with E-state index < -0.39 is 22.4 Å². The van der Waals surface area contributed by atoms with Gasteiger partial charge in [-0.25, -0.2) is 13.1 Å². The van der Waals surface area contributed by atoms with E-state index >= 15 is 0 Å². The molecule has 0 radical (unpaired) electrons. The molecular formula is C23H29F3N2O5S. The van der Waals surface area contributed by atoms with Crippen LogP contribution in [-0.4, -0.2) is 50.4 Å². The van der Waals surface area contributed by atoms with Gasteiger partial charge < -0.3 is 9.84 Å². The van der Waals surface area contributed by atoms with Crippen molar-refractivity contribution in [1.82, 2.24) is 9.62 Å². The number of carboxylic acids is 1. The second-order valence-corrected chi connectivity index (χ2v) is 9.71. The van der Waals surface area contributed by atoms with Gasteiger partial charge >= 0.3 is 12.3 Å². The normalized spacial score (nSPS) is 12.2. The summed E-state index contributed by atoms with van der Waals surface area (Å²) in [6.45, 7) is 5.34. The molecule has 0 spiro atoms. The zero-order valence-electron chi connectivity index (χ0n) is 19.1. The van der Waals surface area contributed by atoms with Crippen molar-refractivity contribution < 1.29 is 36.2 Å². The van der Waals surface area contributed by atoms with Gasteiger partial charge in [0.2, 0.25) is 10.0 Å². The number of hydrogen-bond donors (Lipinski definition) is 2. The first-order valence-electron chi connectivity index (χ1n) is 10.8. The maximum atomic E-state index is 12.7. The number of aliphatic carboxylic acids is 1. The van der Waals surface area contributed by atoms with Crippen LogP contribution in [0.3, 0.4) is 0 Å². The van der Waals surface area contributed by atoms with Crippen LogP contribution in [0.25, 0.3) is 0 Å². The first kappa shape index (κ1) is 27.6. The van der Waals surface area contributed by atoms with E-state index in [0.29, 0.717) is 30.8 Å². The van der Waals surface area contributed by atoms with Crippen LogP contribution in [0.4, 0.5) is 13.2 Å². The number of nitrogens with one attached hydrogen (secondary N) is 1. The lowest BCUT2D eigenvalue weighted by atomic mass is 10.1. The molecule has 2 aromatic carbocycles. The fourth-order valence-corrected chi connectivity index (χ4v) is 4.56. The predicted octanol–water partition coefficient (Wildman–Crippen LogP) is 4.10. The molecule has 2 rings (SSSR count). The minimum atomic E-state index is -4.75. The van der Waals surface area contributed by atoms with Crippen molar-refractivity contribution in [3.63, 3.8) is 0 Å². The van der Waals surface area contributed by atoms with E-state index in [-0.39, 0.29) is 23.6 Å². The number of nitrogens with zero attached hydrogens (tertiary/aromatic N) is 1. The molecule has 0 aliphatic rings. The highest BCUT2D eigenvalue weighted by Crippen LogP contribution is 2.23. The third kappa shape index (κ3) is 9.70. The molecule has 0 unspecified atom stereocenters. The van der Waals surface area contributed by atoms with Crippen LogP contribution in [0.1, 0.15) is 36.5 Å². The summed E-state index contributed by atoms with van der Waals surface area (Å²) in [5.41, 5.74) is 1.81. The van der Waals surface area contributed by atoms with Gasteiger partial charge in [0, 0.05) is 19.6 Å². The third-order valence-electron chi connectivity index (χ3n) is 4.89. The quantitative estimate of drug-likeness (QED) is 0.428. The number of rotatable bonds is 13. The number of ether oxygens (including phenoxy) is 1. The summed E-state index contributed by atoms with van der Waals surface area (Å²) in [7, 11) is -3.85. The van der Waals surface area contributed by atoms with E-state index in [4.69, 9.17) is 5.11 Å². The SMILES string of the molecule is CCCCN(CCNS(=O)(=O)c1cc(C)cc(CC(=O)O)c1)Cc1ccc(OC(F)(F)F)cc1. The Morgan fingerprint density at radius 2 is 1.76 bits per heavy atom. The van der Waals surface area contributed by atoms with Crippen molar-refractivity contribution in [1.29, 1.82) is 0 Å². The van der Waals surface area contributed by atoms with E-state index in [0.717, 1.165) is 18.4 Å². The summed E-state index contributed by atoms with van der Waals surface area (Å²) in [5.74, 6) is -1.35. The van der Waals surface area contributed by atoms with E-state index in [1.165, 1.54) is 24.3 Å². The molecular weight excluding hydrogens is 473 g/mol. The second kappa shape index (κ2) is 12.2. The third-order valence-corrected chi connectivity index (χ3v) is 6.33. The first-order chi connectivity index (χ1) is 15.9. The topological polar surface area (TPSA) is 95.9 Å². The highest BCUT2D eigenvalue weighted by molar-refractivity contribution is 7.89. The second-order valence-electron chi connectivity index (χ2n) is 7.94. The summed E-state index contributed by atoms with van der Waals surface area (Å²) in [6, 6.07) is 10.0. The molecule has 0 amide bonds. The van der Waals surface area contributed by atoms with Gasteiger partial charge in [0.05, 0.1) is 11.3 Å². The fourth-order valence-electron chi connectivity index (χ4n) is 3.38. The maximum absolute atomic E-state index is 12.7. The molecule has 7 nitrogen and oxygen atoms in total. The molecule has 0 fully saturated rings. The van der Waals surface area contributed by atoms with Crippen molar-refractivity contribution in [2.24, 2.45) is 0 Å². The molecule has 0 heterocycles. The van der Waals surface area contributed by atoms with Gasteiger partial charge in [-0.2, -0.15) is 0 Å². The van der Waals surface area contributed by atoms with Crippen LogP contribution in [0, 0.1) is 6.92 Å². The molecule has 188 valence electrons. The van der Waals surface area contributed by atoms with Crippen LogP contribution in [0.5, 0.6) is 5.75 Å². The minimum Gasteiger partial charge on any atom is -0.481 e. The number of benzene rings is 2. The van der Waals surface area contributed by atoms with Gasteiger partial charge in [0.25, 0.3) is 0 Å². The van der Waals surface area contributed by atoms with E-state index in [1.54, 1.807) is 25.1 Å². The molecule has 2 aromatic rings. The number of carbonyl (C=O) groups is 1. The van der Waals surface area contributed by atoms with Crippen LogP contribution in [0.15, 0.2) is 47.4 Å². The molecule has 34 heavy (non-hydrogen) atoms. The van der Waals surface area contributed by atoms with E-state index in [2.05, 4.69) is 9.46 Å². The van der Waals surface area contributed by atoms with Crippen LogP contribution in [-0.2, 0) is 27.8 Å². The number of halogens is 3. The lowest BCUT2D eigenvalue weighted by molar-refractivity contribution is -0.274. The highest BCUT2D eigenvalue weighted by Gasteiger charge is 2.31. The molecule has 0 saturated heterocycles. The summed E-state index contributed by atoms with van der Waals surface area (Å²) in [5, 5.41) is 8.98. The molecule has 11 heteroatoms. The number of alkyl halides is 3. The van der Waals surface area contributed by atoms with Gasteiger partial charge in [0.15, 0.2) is 0 Å². The van der Waals surface area contributed by atoms with Crippen LogP contribution in [0.2, 0.25) is 0 Å². The lowest BCUT2D eigenvalue weighted by Crippen LogP contribution is -2.35. The van der Waals surface area contributed by atoms with Gasteiger partial charge in [-0.1, -0.05) is 31.5 Å². The summed E-state index contributed by atoms with van der Waals surface area (Å²) >= 11 is 0.